The maximum Gasteiger partial charge on any atom is 0.416 e. The summed E-state index contributed by atoms with van der Waals surface area (Å²) < 4.78 is 43.5. The summed E-state index contributed by atoms with van der Waals surface area (Å²) in [5.74, 6) is 0. The lowest BCUT2D eigenvalue weighted by molar-refractivity contribution is -0.137. The van der Waals surface area contributed by atoms with Gasteiger partial charge in [0.25, 0.3) is 6.01 Å². The maximum atomic E-state index is 12.7. The van der Waals surface area contributed by atoms with Crippen LogP contribution in [0.2, 0.25) is 0 Å². The van der Waals surface area contributed by atoms with Crippen molar-refractivity contribution >= 4 is 17.1 Å². The van der Waals surface area contributed by atoms with Crippen LogP contribution in [0.25, 0.3) is 11.1 Å². The van der Waals surface area contributed by atoms with Gasteiger partial charge in [-0.1, -0.05) is 13.8 Å². The molecule has 1 aromatic carbocycles. The minimum absolute atomic E-state index is 0.243. The molecule has 7 heteroatoms. The number of hydrogen-bond donors (Lipinski definition) is 1. The Bertz CT molecular complexity index is 602. The van der Waals surface area contributed by atoms with Crippen LogP contribution in [0.1, 0.15) is 25.8 Å². The summed E-state index contributed by atoms with van der Waals surface area (Å²) in [4.78, 5) is 6.14. The zero-order valence-corrected chi connectivity index (χ0v) is 12.7. The van der Waals surface area contributed by atoms with Gasteiger partial charge in [-0.15, -0.1) is 0 Å². The molecule has 1 aliphatic heterocycles. The van der Waals surface area contributed by atoms with Gasteiger partial charge < -0.3 is 14.6 Å². The van der Waals surface area contributed by atoms with Crippen molar-refractivity contribution in [1.82, 2.24) is 10.3 Å². The van der Waals surface area contributed by atoms with Crippen molar-refractivity contribution in [1.29, 1.82) is 0 Å². The van der Waals surface area contributed by atoms with Crippen LogP contribution in [0, 0.1) is 0 Å². The predicted molar refractivity (Wildman–Crippen MR) is 80.1 cm³/mol. The maximum absolute atomic E-state index is 12.7. The van der Waals surface area contributed by atoms with Crippen molar-refractivity contribution in [3.63, 3.8) is 0 Å². The monoisotopic (exact) mass is 315 g/mol. The van der Waals surface area contributed by atoms with Crippen molar-refractivity contribution in [2.24, 2.45) is 0 Å². The molecule has 122 valence electrons. The summed E-state index contributed by atoms with van der Waals surface area (Å²) in [7, 11) is 0. The van der Waals surface area contributed by atoms with Crippen molar-refractivity contribution < 1.29 is 17.6 Å². The van der Waals surface area contributed by atoms with Gasteiger partial charge in [0.15, 0.2) is 5.58 Å². The first kappa shape index (κ1) is 16.6. The van der Waals surface area contributed by atoms with Crippen molar-refractivity contribution in [2.45, 2.75) is 26.4 Å². The van der Waals surface area contributed by atoms with Gasteiger partial charge >= 0.3 is 6.18 Å². The molecule has 1 aliphatic rings. The highest BCUT2D eigenvalue weighted by Crippen LogP contribution is 2.32. The Kier molecular flexibility index (Phi) is 5.28. The second-order valence-electron chi connectivity index (χ2n) is 4.77. The summed E-state index contributed by atoms with van der Waals surface area (Å²) in [5, 5.41) is 3.25. The van der Waals surface area contributed by atoms with Gasteiger partial charge in [-0.2, -0.15) is 18.2 Å². The molecule has 1 saturated heterocycles. The van der Waals surface area contributed by atoms with Crippen molar-refractivity contribution in [2.75, 3.05) is 31.1 Å². The molecule has 1 aromatic heterocycles. The normalized spacial score (nSPS) is 16.1. The number of rotatable bonds is 1. The number of nitrogens with one attached hydrogen (secondary N) is 1. The molecule has 0 atom stereocenters. The average molecular weight is 315 g/mol. The first-order valence-electron chi connectivity index (χ1n) is 7.47. The highest BCUT2D eigenvalue weighted by molar-refractivity contribution is 5.75. The van der Waals surface area contributed by atoms with Crippen LogP contribution >= 0.6 is 0 Å². The molecular formula is C15H20F3N3O. The first-order valence-corrected chi connectivity index (χ1v) is 7.47. The Morgan fingerprint density at radius 3 is 2.68 bits per heavy atom. The van der Waals surface area contributed by atoms with E-state index < -0.39 is 11.7 Å². The number of halogens is 3. The van der Waals surface area contributed by atoms with Gasteiger partial charge in [0.1, 0.15) is 5.52 Å². The number of fused-ring (bicyclic) bond motifs is 1. The fraction of sp³-hybridized carbons (Fsp3) is 0.533. The molecule has 0 aliphatic carbocycles. The van der Waals surface area contributed by atoms with Gasteiger partial charge in [0.2, 0.25) is 0 Å². The lowest BCUT2D eigenvalue weighted by Gasteiger charge is -2.16. The molecule has 0 amide bonds. The summed E-state index contributed by atoms with van der Waals surface area (Å²) in [6.45, 7) is 7.26. The Morgan fingerprint density at radius 2 is 1.95 bits per heavy atom. The van der Waals surface area contributed by atoms with Crippen LogP contribution in [0.3, 0.4) is 0 Å². The van der Waals surface area contributed by atoms with E-state index in [1.807, 2.05) is 18.7 Å². The molecule has 1 N–H and O–H groups in total. The number of alkyl halides is 3. The van der Waals surface area contributed by atoms with E-state index in [0.717, 1.165) is 44.7 Å². The second-order valence-corrected chi connectivity index (χ2v) is 4.77. The standard InChI is InChI=1S/C13H14F3N3O.C2H6/c14-13(15,16)9-2-3-11-10(8-9)18-12(20-11)19-6-1-4-17-5-7-19;1-2/h2-3,8,17H,1,4-7H2;1-2H3. The zero-order chi connectivity index (χ0) is 16.2. The van der Waals surface area contributed by atoms with Gasteiger partial charge in [-0.25, -0.2) is 0 Å². The number of aromatic nitrogens is 1. The van der Waals surface area contributed by atoms with Crippen LogP contribution in [-0.4, -0.2) is 31.2 Å². The summed E-state index contributed by atoms with van der Waals surface area (Å²) in [5.41, 5.74) is -0.0837. The van der Waals surface area contributed by atoms with E-state index in [9.17, 15) is 13.2 Å². The minimum Gasteiger partial charge on any atom is -0.423 e. The van der Waals surface area contributed by atoms with E-state index >= 15 is 0 Å². The van der Waals surface area contributed by atoms with E-state index in [1.54, 1.807) is 0 Å². The van der Waals surface area contributed by atoms with Crippen LogP contribution in [-0.2, 0) is 6.18 Å². The van der Waals surface area contributed by atoms with E-state index in [-0.39, 0.29) is 5.52 Å². The second kappa shape index (κ2) is 7.00. The zero-order valence-electron chi connectivity index (χ0n) is 12.7. The number of benzene rings is 1. The third kappa shape index (κ3) is 3.71. The van der Waals surface area contributed by atoms with Crippen LogP contribution in [0.5, 0.6) is 0 Å². The Balaban J connectivity index is 0.000000847. The molecule has 2 heterocycles. The lowest BCUT2D eigenvalue weighted by Crippen LogP contribution is -2.27. The van der Waals surface area contributed by atoms with Crippen LogP contribution < -0.4 is 10.2 Å². The fourth-order valence-electron chi connectivity index (χ4n) is 2.26. The molecule has 3 rings (SSSR count). The molecule has 1 fully saturated rings. The molecule has 0 saturated carbocycles. The molecule has 0 spiro atoms. The molecule has 0 radical (unpaired) electrons. The van der Waals surface area contributed by atoms with Gasteiger partial charge in [0.05, 0.1) is 5.56 Å². The number of hydrogen-bond acceptors (Lipinski definition) is 4. The largest absolute Gasteiger partial charge is 0.423 e. The number of nitrogens with zero attached hydrogens (tertiary/aromatic N) is 2. The third-order valence-electron chi connectivity index (χ3n) is 3.31. The Hall–Kier alpha value is -1.76. The quantitative estimate of drug-likeness (QED) is 0.872. The lowest BCUT2D eigenvalue weighted by atomic mass is 10.2. The molecule has 22 heavy (non-hydrogen) atoms. The number of oxazole rings is 1. The number of anilines is 1. The van der Waals surface area contributed by atoms with Gasteiger partial charge in [-0.05, 0) is 31.2 Å². The fourth-order valence-corrected chi connectivity index (χ4v) is 2.26. The highest BCUT2D eigenvalue weighted by Gasteiger charge is 2.31. The third-order valence-corrected chi connectivity index (χ3v) is 3.31. The topological polar surface area (TPSA) is 41.3 Å². The molecular weight excluding hydrogens is 295 g/mol. The van der Waals surface area contributed by atoms with E-state index in [4.69, 9.17) is 4.42 Å². The smallest absolute Gasteiger partial charge is 0.416 e. The predicted octanol–water partition coefficient (Wildman–Crippen LogP) is 3.67. The van der Waals surface area contributed by atoms with Crippen LogP contribution in [0.15, 0.2) is 22.6 Å². The SMILES string of the molecule is CC.FC(F)(F)c1ccc2oc(N3CCCNCC3)nc2c1. The summed E-state index contributed by atoms with van der Waals surface area (Å²) in [6, 6.07) is 3.76. The van der Waals surface area contributed by atoms with Gasteiger partial charge in [-0.3, -0.25) is 0 Å². The average Bonchev–Trinajstić information content (AvgIpc) is 2.73. The van der Waals surface area contributed by atoms with E-state index in [2.05, 4.69) is 10.3 Å². The highest BCUT2D eigenvalue weighted by atomic mass is 19.4. The molecule has 4 nitrogen and oxygen atoms in total. The Morgan fingerprint density at radius 1 is 1.18 bits per heavy atom. The summed E-state index contributed by atoms with van der Waals surface area (Å²) >= 11 is 0. The molecule has 0 bridgehead atoms. The Labute approximate surface area is 127 Å². The first-order chi connectivity index (χ1) is 10.5. The van der Waals surface area contributed by atoms with Gasteiger partial charge in [0, 0.05) is 19.6 Å². The van der Waals surface area contributed by atoms with E-state index in [1.165, 1.54) is 6.07 Å². The van der Waals surface area contributed by atoms with Crippen molar-refractivity contribution in [3.8, 4) is 0 Å². The summed E-state index contributed by atoms with van der Waals surface area (Å²) in [6.07, 6.45) is -3.41. The van der Waals surface area contributed by atoms with Crippen LogP contribution in [0.4, 0.5) is 19.2 Å². The van der Waals surface area contributed by atoms with Crippen molar-refractivity contribution in [3.05, 3.63) is 23.8 Å². The van der Waals surface area contributed by atoms with E-state index in [0.29, 0.717) is 11.6 Å². The molecule has 0 unspecified atom stereocenters. The molecule has 2 aromatic rings. The minimum atomic E-state index is -4.36.